The Balaban J connectivity index is 1.80. The quantitative estimate of drug-likeness (QED) is 0.774. The van der Waals surface area contributed by atoms with Crippen LogP contribution in [0.3, 0.4) is 0 Å². The number of aromatic nitrogens is 3. The Labute approximate surface area is 111 Å². The number of hydrogen-bond donors (Lipinski definition) is 1. The molecule has 0 aliphatic carbocycles. The van der Waals surface area contributed by atoms with Crippen LogP contribution in [0.25, 0.3) is 11.1 Å². The third-order valence-corrected chi connectivity index (χ3v) is 2.85. The number of hydrogen-bond acceptors (Lipinski definition) is 3. The Bertz CT molecular complexity index is 643. The van der Waals surface area contributed by atoms with Crippen molar-refractivity contribution in [2.75, 3.05) is 0 Å². The van der Waals surface area contributed by atoms with Gasteiger partial charge in [0.15, 0.2) is 0 Å². The fourth-order valence-corrected chi connectivity index (χ4v) is 1.82. The van der Waals surface area contributed by atoms with Crippen molar-refractivity contribution in [1.82, 2.24) is 15.4 Å². The van der Waals surface area contributed by atoms with Crippen LogP contribution >= 0.6 is 0 Å². The number of nitrogens with zero attached hydrogens (tertiary/aromatic N) is 2. The van der Waals surface area contributed by atoms with Gasteiger partial charge in [0.05, 0.1) is 0 Å². The zero-order valence-corrected chi connectivity index (χ0v) is 10.5. The van der Waals surface area contributed by atoms with Crippen molar-refractivity contribution in [1.29, 1.82) is 0 Å². The lowest BCUT2D eigenvalue weighted by molar-refractivity contribution is 0.461. The van der Waals surface area contributed by atoms with E-state index in [2.05, 4.69) is 46.6 Å². The highest BCUT2D eigenvalue weighted by molar-refractivity contribution is 5.64. The van der Waals surface area contributed by atoms with Gasteiger partial charge in [0.25, 0.3) is 5.88 Å². The maximum absolute atomic E-state index is 5.52. The average molecular weight is 251 g/mol. The van der Waals surface area contributed by atoms with Gasteiger partial charge in [-0.1, -0.05) is 42.0 Å². The summed E-state index contributed by atoms with van der Waals surface area (Å²) in [7, 11) is 0. The largest absolute Gasteiger partial charge is 0.436 e. The number of H-pyrrole nitrogens is 1. The van der Waals surface area contributed by atoms with Gasteiger partial charge in [-0.2, -0.15) is 10.3 Å². The highest BCUT2D eigenvalue weighted by Gasteiger charge is 2.01. The van der Waals surface area contributed by atoms with Gasteiger partial charge >= 0.3 is 0 Å². The predicted molar refractivity (Wildman–Crippen MR) is 73.1 cm³/mol. The van der Waals surface area contributed by atoms with Crippen LogP contribution in [0.1, 0.15) is 5.56 Å². The molecule has 0 spiro atoms. The van der Waals surface area contributed by atoms with Crippen LogP contribution in [-0.2, 0) is 0 Å². The summed E-state index contributed by atoms with van der Waals surface area (Å²) in [6.45, 7) is 2.08. The lowest BCUT2D eigenvalue weighted by Gasteiger charge is -2.05. The minimum Gasteiger partial charge on any atom is -0.436 e. The zero-order valence-electron chi connectivity index (χ0n) is 10.5. The molecule has 94 valence electrons. The molecule has 4 nitrogen and oxygen atoms in total. The lowest BCUT2D eigenvalue weighted by Crippen LogP contribution is -1.85. The minimum absolute atomic E-state index is 0.461. The fraction of sp³-hybridized carbons (Fsp3) is 0.0667. The molecule has 0 bridgehead atoms. The third kappa shape index (κ3) is 2.63. The Morgan fingerprint density at radius 2 is 1.53 bits per heavy atom. The van der Waals surface area contributed by atoms with Crippen molar-refractivity contribution in [2.24, 2.45) is 0 Å². The zero-order chi connectivity index (χ0) is 13.1. The summed E-state index contributed by atoms with van der Waals surface area (Å²) in [4.78, 5) is 0. The van der Waals surface area contributed by atoms with Crippen LogP contribution < -0.4 is 4.74 Å². The van der Waals surface area contributed by atoms with Gasteiger partial charge in [-0.15, -0.1) is 5.10 Å². The Morgan fingerprint density at radius 3 is 2.11 bits per heavy atom. The Hall–Kier alpha value is -2.62. The molecule has 0 unspecified atom stereocenters. The van der Waals surface area contributed by atoms with Crippen molar-refractivity contribution in [3.8, 4) is 22.8 Å². The monoisotopic (exact) mass is 251 g/mol. The van der Waals surface area contributed by atoms with Crippen molar-refractivity contribution in [2.45, 2.75) is 6.92 Å². The Kier molecular flexibility index (Phi) is 2.98. The normalized spacial score (nSPS) is 10.4. The van der Waals surface area contributed by atoms with E-state index in [1.165, 1.54) is 17.3 Å². The molecular formula is C15H13N3O. The summed E-state index contributed by atoms with van der Waals surface area (Å²) < 4.78 is 5.52. The predicted octanol–water partition coefficient (Wildman–Crippen LogP) is 3.57. The first kappa shape index (κ1) is 11.5. The SMILES string of the molecule is Cc1ccc(-c2ccc(Oc3cn[nH]n3)cc2)cc1. The van der Waals surface area contributed by atoms with Gasteiger partial charge in [-0.05, 0) is 30.2 Å². The van der Waals surface area contributed by atoms with E-state index >= 15 is 0 Å². The van der Waals surface area contributed by atoms with Gasteiger partial charge < -0.3 is 4.74 Å². The van der Waals surface area contributed by atoms with Crippen molar-refractivity contribution >= 4 is 0 Å². The summed E-state index contributed by atoms with van der Waals surface area (Å²) in [5, 5.41) is 10.0. The first-order chi connectivity index (χ1) is 9.31. The van der Waals surface area contributed by atoms with E-state index in [0.29, 0.717) is 5.88 Å². The van der Waals surface area contributed by atoms with Gasteiger partial charge in [0.1, 0.15) is 11.9 Å². The molecule has 3 aromatic rings. The molecule has 4 heteroatoms. The second-order valence-electron chi connectivity index (χ2n) is 4.30. The van der Waals surface area contributed by atoms with E-state index in [1.54, 1.807) is 0 Å². The number of nitrogens with one attached hydrogen (secondary N) is 1. The molecule has 0 amide bonds. The molecule has 1 aromatic heterocycles. The molecule has 2 aromatic carbocycles. The van der Waals surface area contributed by atoms with Crippen LogP contribution in [0.4, 0.5) is 0 Å². The van der Waals surface area contributed by atoms with Crippen LogP contribution in [-0.4, -0.2) is 15.4 Å². The number of ether oxygens (including phenoxy) is 1. The molecule has 0 atom stereocenters. The van der Waals surface area contributed by atoms with Gasteiger partial charge in [0.2, 0.25) is 0 Å². The molecule has 0 saturated heterocycles. The van der Waals surface area contributed by atoms with E-state index in [0.717, 1.165) is 11.3 Å². The number of aryl methyl sites for hydroxylation is 1. The molecule has 0 radical (unpaired) electrons. The highest BCUT2D eigenvalue weighted by atomic mass is 16.5. The Morgan fingerprint density at radius 1 is 0.895 bits per heavy atom. The van der Waals surface area contributed by atoms with E-state index in [4.69, 9.17) is 4.74 Å². The summed E-state index contributed by atoms with van der Waals surface area (Å²) in [6.07, 6.45) is 1.54. The summed E-state index contributed by atoms with van der Waals surface area (Å²) in [6, 6.07) is 16.3. The van der Waals surface area contributed by atoms with Crippen LogP contribution in [0.15, 0.2) is 54.7 Å². The first-order valence-electron chi connectivity index (χ1n) is 6.02. The molecule has 0 aliphatic heterocycles. The van der Waals surface area contributed by atoms with Gasteiger partial charge in [0, 0.05) is 0 Å². The van der Waals surface area contributed by atoms with Gasteiger partial charge in [-0.25, -0.2) is 0 Å². The highest BCUT2D eigenvalue weighted by Crippen LogP contribution is 2.24. The standard InChI is InChI=1S/C15H13N3O/c1-11-2-4-12(5-3-11)13-6-8-14(9-7-13)19-15-10-16-18-17-15/h2-10H,1H3,(H,16,17,18). The third-order valence-electron chi connectivity index (χ3n) is 2.85. The second kappa shape index (κ2) is 4.94. The van der Waals surface area contributed by atoms with Crippen molar-refractivity contribution in [3.63, 3.8) is 0 Å². The number of benzene rings is 2. The minimum atomic E-state index is 0.461. The summed E-state index contributed by atoms with van der Waals surface area (Å²) >= 11 is 0. The number of aromatic amines is 1. The molecule has 0 aliphatic rings. The number of rotatable bonds is 3. The molecule has 0 fully saturated rings. The fourth-order valence-electron chi connectivity index (χ4n) is 1.82. The molecular weight excluding hydrogens is 238 g/mol. The second-order valence-corrected chi connectivity index (χ2v) is 4.30. The van der Waals surface area contributed by atoms with Crippen LogP contribution in [0.2, 0.25) is 0 Å². The summed E-state index contributed by atoms with van der Waals surface area (Å²) in [5.74, 6) is 1.20. The van der Waals surface area contributed by atoms with Crippen molar-refractivity contribution < 1.29 is 4.74 Å². The van der Waals surface area contributed by atoms with E-state index in [1.807, 2.05) is 24.3 Å². The van der Waals surface area contributed by atoms with Crippen molar-refractivity contribution in [3.05, 3.63) is 60.3 Å². The lowest BCUT2D eigenvalue weighted by atomic mass is 10.0. The van der Waals surface area contributed by atoms with Crippen LogP contribution in [0.5, 0.6) is 11.6 Å². The smallest absolute Gasteiger partial charge is 0.258 e. The van der Waals surface area contributed by atoms with Crippen LogP contribution in [0, 0.1) is 6.92 Å². The van der Waals surface area contributed by atoms with Gasteiger partial charge in [-0.3, -0.25) is 0 Å². The molecule has 0 saturated carbocycles. The average Bonchev–Trinajstić information content (AvgIpc) is 2.94. The maximum Gasteiger partial charge on any atom is 0.258 e. The molecule has 1 heterocycles. The maximum atomic E-state index is 5.52. The first-order valence-corrected chi connectivity index (χ1v) is 6.02. The molecule has 1 N–H and O–H groups in total. The molecule has 3 rings (SSSR count). The van der Waals surface area contributed by atoms with E-state index < -0.39 is 0 Å². The topological polar surface area (TPSA) is 50.8 Å². The molecule has 19 heavy (non-hydrogen) atoms. The van der Waals surface area contributed by atoms with E-state index in [9.17, 15) is 0 Å². The van der Waals surface area contributed by atoms with E-state index in [-0.39, 0.29) is 0 Å². The summed E-state index contributed by atoms with van der Waals surface area (Å²) in [5.41, 5.74) is 3.61.